The van der Waals surface area contributed by atoms with Gasteiger partial charge < -0.3 is 14.2 Å². The van der Waals surface area contributed by atoms with Crippen molar-refractivity contribution < 1.29 is 28.6 Å². The standard InChI is InChI=1S/C27H26N2O6S/c1-4-34-26(32)25-16(2)28-27(36-25)29-23(30)15-35-20-9-5-17(6-10-20)13-19-8-7-18-14-21(33-3)11-12-22(18)24(19)31/h5-6,9-14H,4,7-8,15H2,1-3H3,(H,28,29,30)/b19-13+. The lowest BCUT2D eigenvalue weighted by Gasteiger charge is -2.18. The molecule has 1 aliphatic rings. The molecule has 2 aromatic carbocycles. The number of carbonyl (C=O) groups excluding carboxylic acids is 3. The van der Waals surface area contributed by atoms with Crippen molar-refractivity contribution in [1.29, 1.82) is 0 Å². The van der Waals surface area contributed by atoms with Gasteiger partial charge in [0.2, 0.25) is 0 Å². The number of aromatic nitrogens is 1. The number of hydrogen-bond donors (Lipinski definition) is 1. The number of methoxy groups -OCH3 is 1. The summed E-state index contributed by atoms with van der Waals surface area (Å²) in [7, 11) is 1.61. The average molecular weight is 507 g/mol. The van der Waals surface area contributed by atoms with Gasteiger partial charge in [-0.2, -0.15) is 0 Å². The molecule has 0 saturated carbocycles. The summed E-state index contributed by atoms with van der Waals surface area (Å²) in [5.41, 5.74) is 3.84. The third-order valence-electron chi connectivity index (χ3n) is 5.61. The number of nitrogens with one attached hydrogen (secondary N) is 1. The van der Waals surface area contributed by atoms with Crippen LogP contribution in [-0.4, -0.2) is 43.0 Å². The van der Waals surface area contributed by atoms with Crippen molar-refractivity contribution in [1.82, 2.24) is 4.98 Å². The fourth-order valence-corrected chi connectivity index (χ4v) is 4.70. The van der Waals surface area contributed by atoms with Crippen LogP contribution in [0.5, 0.6) is 11.5 Å². The second-order valence-electron chi connectivity index (χ2n) is 8.08. The van der Waals surface area contributed by atoms with Gasteiger partial charge in [-0.15, -0.1) is 0 Å². The molecule has 0 radical (unpaired) electrons. The number of thiazole rings is 1. The number of amides is 1. The Morgan fingerprint density at radius 2 is 1.86 bits per heavy atom. The highest BCUT2D eigenvalue weighted by Gasteiger charge is 2.22. The van der Waals surface area contributed by atoms with E-state index < -0.39 is 11.9 Å². The zero-order valence-corrected chi connectivity index (χ0v) is 21.1. The Morgan fingerprint density at radius 3 is 2.58 bits per heavy atom. The van der Waals surface area contributed by atoms with Crippen molar-refractivity contribution in [2.75, 3.05) is 25.6 Å². The Labute approximate surface area is 212 Å². The van der Waals surface area contributed by atoms with Crippen molar-refractivity contribution in [3.63, 3.8) is 0 Å². The Bertz CT molecular complexity index is 1330. The molecule has 0 unspecified atom stereocenters. The molecule has 0 spiro atoms. The van der Waals surface area contributed by atoms with Gasteiger partial charge in [0, 0.05) is 11.1 Å². The summed E-state index contributed by atoms with van der Waals surface area (Å²) in [6.45, 7) is 3.46. The topological polar surface area (TPSA) is 104 Å². The second kappa shape index (κ2) is 11.2. The second-order valence-corrected chi connectivity index (χ2v) is 9.08. The quantitative estimate of drug-likeness (QED) is 0.343. The predicted octanol–water partition coefficient (Wildman–Crippen LogP) is 4.87. The maximum absolute atomic E-state index is 12.9. The molecular weight excluding hydrogens is 480 g/mol. The van der Waals surface area contributed by atoms with E-state index in [1.807, 2.05) is 30.3 Å². The first-order chi connectivity index (χ1) is 17.4. The first-order valence-corrected chi connectivity index (χ1v) is 12.3. The predicted molar refractivity (Wildman–Crippen MR) is 137 cm³/mol. The van der Waals surface area contributed by atoms with Crippen LogP contribution in [0.3, 0.4) is 0 Å². The van der Waals surface area contributed by atoms with Crippen LogP contribution in [-0.2, 0) is 16.0 Å². The number of rotatable bonds is 8. The molecule has 1 aliphatic carbocycles. The van der Waals surface area contributed by atoms with Crippen LogP contribution in [0.15, 0.2) is 48.0 Å². The number of anilines is 1. The molecule has 0 aliphatic heterocycles. The maximum Gasteiger partial charge on any atom is 0.350 e. The largest absolute Gasteiger partial charge is 0.497 e. The smallest absolute Gasteiger partial charge is 0.350 e. The highest BCUT2D eigenvalue weighted by atomic mass is 32.1. The first-order valence-electron chi connectivity index (χ1n) is 11.5. The van der Waals surface area contributed by atoms with Gasteiger partial charge in [0.25, 0.3) is 5.91 Å². The van der Waals surface area contributed by atoms with Crippen molar-refractivity contribution in [3.8, 4) is 11.5 Å². The Morgan fingerprint density at radius 1 is 1.11 bits per heavy atom. The van der Waals surface area contributed by atoms with Gasteiger partial charge in [-0.1, -0.05) is 23.5 Å². The minimum Gasteiger partial charge on any atom is -0.497 e. The molecule has 36 heavy (non-hydrogen) atoms. The van der Waals surface area contributed by atoms with Gasteiger partial charge in [0.05, 0.1) is 19.4 Å². The van der Waals surface area contributed by atoms with E-state index in [1.54, 1.807) is 39.2 Å². The van der Waals surface area contributed by atoms with E-state index >= 15 is 0 Å². The number of ether oxygens (including phenoxy) is 3. The van der Waals surface area contributed by atoms with Crippen LogP contribution >= 0.6 is 11.3 Å². The lowest BCUT2D eigenvalue weighted by Crippen LogP contribution is -2.20. The number of esters is 1. The number of aryl methyl sites for hydroxylation is 2. The molecule has 9 heteroatoms. The fourth-order valence-electron chi connectivity index (χ4n) is 3.82. The fraction of sp³-hybridized carbons (Fsp3) is 0.259. The van der Waals surface area contributed by atoms with E-state index in [4.69, 9.17) is 14.2 Å². The molecule has 1 heterocycles. The number of allylic oxidation sites excluding steroid dienone is 1. The molecule has 0 atom stereocenters. The van der Waals surface area contributed by atoms with Gasteiger partial charge in [-0.05, 0) is 74.2 Å². The molecule has 0 bridgehead atoms. The number of Topliss-reactive ketones (excluding diaryl/α,β-unsaturated/α-hetero) is 1. The molecule has 3 aromatic rings. The summed E-state index contributed by atoms with van der Waals surface area (Å²) in [5, 5.41) is 2.95. The third-order valence-corrected chi connectivity index (χ3v) is 6.66. The van der Waals surface area contributed by atoms with Gasteiger partial charge in [-0.25, -0.2) is 9.78 Å². The van der Waals surface area contributed by atoms with Gasteiger partial charge in [-0.3, -0.25) is 14.9 Å². The van der Waals surface area contributed by atoms with E-state index in [-0.39, 0.29) is 19.0 Å². The summed E-state index contributed by atoms with van der Waals surface area (Å²) < 4.78 is 15.8. The number of benzene rings is 2. The van der Waals surface area contributed by atoms with Crippen LogP contribution in [0.4, 0.5) is 5.13 Å². The van der Waals surface area contributed by atoms with Crippen LogP contribution in [0.25, 0.3) is 6.08 Å². The number of nitrogens with zero attached hydrogens (tertiary/aromatic N) is 1. The Kier molecular flexibility index (Phi) is 7.80. The molecule has 186 valence electrons. The van der Waals surface area contributed by atoms with Crippen LogP contribution in [0, 0.1) is 6.92 Å². The summed E-state index contributed by atoms with van der Waals surface area (Å²) in [6, 6.07) is 12.7. The minimum atomic E-state index is -0.460. The number of ketones is 1. The zero-order chi connectivity index (χ0) is 25.7. The van der Waals surface area contributed by atoms with Gasteiger partial charge >= 0.3 is 5.97 Å². The molecule has 0 fully saturated rings. The van der Waals surface area contributed by atoms with E-state index in [0.717, 1.165) is 40.2 Å². The average Bonchev–Trinajstić information content (AvgIpc) is 3.25. The van der Waals surface area contributed by atoms with E-state index in [0.29, 0.717) is 33.4 Å². The van der Waals surface area contributed by atoms with Crippen molar-refractivity contribution in [2.45, 2.75) is 26.7 Å². The SMILES string of the molecule is CCOC(=O)c1sc(NC(=O)COc2ccc(/C=C3\CCc4cc(OC)ccc4C3=O)cc2)nc1C. The molecule has 1 aromatic heterocycles. The monoisotopic (exact) mass is 506 g/mol. The van der Waals surface area contributed by atoms with Gasteiger partial charge in [0.1, 0.15) is 16.4 Å². The normalized spacial score (nSPS) is 13.8. The molecule has 1 N–H and O–H groups in total. The number of fused-ring (bicyclic) bond motifs is 1. The summed E-state index contributed by atoms with van der Waals surface area (Å²) >= 11 is 1.06. The first kappa shape index (κ1) is 25.1. The van der Waals surface area contributed by atoms with Crippen molar-refractivity contribution in [2.24, 2.45) is 0 Å². The number of hydrogen-bond acceptors (Lipinski definition) is 8. The van der Waals surface area contributed by atoms with Crippen molar-refractivity contribution >= 4 is 40.2 Å². The lowest BCUT2D eigenvalue weighted by atomic mass is 9.86. The lowest BCUT2D eigenvalue weighted by molar-refractivity contribution is -0.118. The van der Waals surface area contributed by atoms with Gasteiger partial charge in [0.15, 0.2) is 17.5 Å². The third kappa shape index (κ3) is 5.80. The van der Waals surface area contributed by atoms with Crippen LogP contribution in [0.1, 0.15) is 50.2 Å². The summed E-state index contributed by atoms with van der Waals surface area (Å²) in [4.78, 5) is 41.6. The molecular formula is C27H26N2O6S. The maximum atomic E-state index is 12.9. The highest BCUT2D eigenvalue weighted by Crippen LogP contribution is 2.30. The zero-order valence-electron chi connectivity index (χ0n) is 20.3. The number of carbonyl (C=O) groups is 3. The molecule has 0 saturated heterocycles. The van der Waals surface area contributed by atoms with E-state index in [1.165, 1.54) is 0 Å². The Hall–Kier alpha value is -3.98. The molecule has 4 rings (SSSR count). The van der Waals surface area contributed by atoms with E-state index in [2.05, 4.69) is 10.3 Å². The molecule has 8 nitrogen and oxygen atoms in total. The highest BCUT2D eigenvalue weighted by molar-refractivity contribution is 7.17. The summed E-state index contributed by atoms with van der Waals surface area (Å²) in [5.74, 6) is 0.440. The van der Waals surface area contributed by atoms with Crippen LogP contribution in [0.2, 0.25) is 0 Å². The Balaban J connectivity index is 1.33. The summed E-state index contributed by atoms with van der Waals surface area (Å²) in [6.07, 6.45) is 3.32. The molecule has 1 amide bonds. The van der Waals surface area contributed by atoms with Crippen molar-refractivity contribution in [3.05, 3.63) is 75.3 Å². The van der Waals surface area contributed by atoms with E-state index in [9.17, 15) is 14.4 Å². The van der Waals surface area contributed by atoms with Crippen LogP contribution < -0.4 is 14.8 Å². The minimum absolute atomic E-state index is 0.0273.